The minimum atomic E-state index is 0.0795. The maximum Gasteiger partial charge on any atom is 0.0995 e. The van der Waals surface area contributed by atoms with Crippen LogP contribution in [-0.4, -0.2) is 0 Å². The summed E-state index contributed by atoms with van der Waals surface area (Å²) in [6.07, 6.45) is 2.00. The second-order valence-electron chi connectivity index (χ2n) is 3.14. The van der Waals surface area contributed by atoms with Gasteiger partial charge < -0.3 is 5.73 Å². The quantitative estimate of drug-likeness (QED) is 0.622. The molecule has 1 atom stereocenters. The molecule has 0 saturated carbocycles. The summed E-state index contributed by atoms with van der Waals surface area (Å²) in [5, 5.41) is 8.81. The zero-order valence-electron chi connectivity index (χ0n) is 6.75. The number of hydrogen-bond acceptors (Lipinski definition) is 2. The van der Waals surface area contributed by atoms with Crippen molar-refractivity contribution in [2.75, 3.05) is 0 Å². The van der Waals surface area contributed by atoms with Gasteiger partial charge in [0.1, 0.15) is 0 Å². The van der Waals surface area contributed by atoms with Gasteiger partial charge >= 0.3 is 0 Å². The maximum atomic E-state index is 8.81. The Bertz CT molecular complexity index is 349. The molecular weight excluding hydrogens is 148 g/mol. The molecule has 0 aliphatic heterocycles. The molecule has 60 valence electrons. The standard InChI is InChI=1S/C10H10N2/c11-6-8-3-1-2-7-4-5-9(12)10(7)8/h1-3,9H,4-5,12H2. The molecule has 0 bridgehead atoms. The molecule has 1 aromatic rings. The predicted molar refractivity (Wildman–Crippen MR) is 46.4 cm³/mol. The first kappa shape index (κ1) is 7.33. The van der Waals surface area contributed by atoms with Gasteiger partial charge in [-0.3, -0.25) is 0 Å². The summed E-state index contributed by atoms with van der Waals surface area (Å²) in [7, 11) is 0. The summed E-state index contributed by atoms with van der Waals surface area (Å²) >= 11 is 0. The number of nitriles is 1. The molecule has 2 nitrogen and oxygen atoms in total. The lowest BCUT2D eigenvalue weighted by atomic mass is 10.0. The highest BCUT2D eigenvalue weighted by Gasteiger charge is 2.21. The zero-order valence-corrected chi connectivity index (χ0v) is 6.75. The lowest BCUT2D eigenvalue weighted by molar-refractivity contribution is 0.712. The van der Waals surface area contributed by atoms with E-state index in [2.05, 4.69) is 12.1 Å². The van der Waals surface area contributed by atoms with Crippen molar-refractivity contribution in [2.45, 2.75) is 18.9 Å². The largest absolute Gasteiger partial charge is 0.324 e. The fourth-order valence-corrected chi connectivity index (χ4v) is 1.82. The molecule has 0 saturated heterocycles. The van der Waals surface area contributed by atoms with Crippen molar-refractivity contribution in [1.82, 2.24) is 0 Å². The summed E-state index contributed by atoms with van der Waals surface area (Å²) in [6.45, 7) is 0. The Hall–Kier alpha value is -1.33. The number of hydrogen-bond donors (Lipinski definition) is 1. The second kappa shape index (κ2) is 2.62. The van der Waals surface area contributed by atoms with Crippen LogP contribution < -0.4 is 5.73 Å². The molecule has 0 spiro atoms. The molecule has 2 N–H and O–H groups in total. The van der Waals surface area contributed by atoms with Crippen LogP contribution in [0.3, 0.4) is 0 Å². The highest BCUT2D eigenvalue weighted by atomic mass is 14.6. The van der Waals surface area contributed by atoms with Crippen LogP contribution in [-0.2, 0) is 6.42 Å². The van der Waals surface area contributed by atoms with Gasteiger partial charge in [-0.25, -0.2) is 0 Å². The van der Waals surface area contributed by atoms with Crippen LogP contribution in [0.1, 0.15) is 29.2 Å². The highest BCUT2D eigenvalue weighted by molar-refractivity contribution is 5.47. The summed E-state index contributed by atoms with van der Waals surface area (Å²) in [5.74, 6) is 0. The van der Waals surface area contributed by atoms with E-state index in [1.165, 1.54) is 5.56 Å². The molecule has 2 rings (SSSR count). The van der Waals surface area contributed by atoms with Crippen molar-refractivity contribution in [3.63, 3.8) is 0 Å². The van der Waals surface area contributed by atoms with Crippen molar-refractivity contribution in [3.05, 3.63) is 34.9 Å². The minimum Gasteiger partial charge on any atom is -0.324 e. The van der Waals surface area contributed by atoms with E-state index in [-0.39, 0.29) is 6.04 Å². The third-order valence-corrected chi connectivity index (χ3v) is 2.41. The van der Waals surface area contributed by atoms with E-state index in [0.717, 1.165) is 24.0 Å². The van der Waals surface area contributed by atoms with E-state index in [9.17, 15) is 0 Å². The fraction of sp³-hybridized carbons (Fsp3) is 0.300. The van der Waals surface area contributed by atoms with Crippen LogP contribution in [0.5, 0.6) is 0 Å². The molecule has 0 fully saturated rings. The number of nitrogens with zero attached hydrogens (tertiary/aromatic N) is 1. The smallest absolute Gasteiger partial charge is 0.0995 e. The Labute approximate surface area is 71.6 Å². The molecule has 1 aliphatic rings. The van der Waals surface area contributed by atoms with Crippen LogP contribution in [0.4, 0.5) is 0 Å². The fourth-order valence-electron chi connectivity index (χ4n) is 1.82. The monoisotopic (exact) mass is 158 g/mol. The van der Waals surface area contributed by atoms with Gasteiger partial charge in [0, 0.05) is 6.04 Å². The third-order valence-electron chi connectivity index (χ3n) is 2.41. The SMILES string of the molecule is N#Cc1cccc2c1C(N)CC2. The number of aryl methyl sites for hydroxylation is 1. The molecule has 0 heterocycles. The highest BCUT2D eigenvalue weighted by Crippen LogP contribution is 2.31. The van der Waals surface area contributed by atoms with Crippen molar-refractivity contribution >= 4 is 0 Å². The topological polar surface area (TPSA) is 49.8 Å². The van der Waals surface area contributed by atoms with E-state index < -0.39 is 0 Å². The Morgan fingerprint density at radius 3 is 3.08 bits per heavy atom. The molecule has 1 aromatic carbocycles. The lowest BCUT2D eigenvalue weighted by Crippen LogP contribution is -2.06. The van der Waals surface area contributed by atoms with Crippen LogP contribution in [0.25, 0.3) is 0 Å². The van der Waals surface area contributed by atoms with E-state index in [1.54, 1.807) is 0 Å². The van der Waals surface area contributed by atoms with E-state index in [1.807, 2.05) is 12.1 Å². The average molecular weight is 158 g/mol. The van der Waals surface area contributed by atoms with Gasteiger partial charge in [0.25, 0.3) is 0 Å². The first-order valence-electron chi connectivity index (χ1n) is 4.10. The second-order valence-corrected chi connectivity index (χ2v) is 3.14. The van der Waals surface area contributed by atoms with Gasteiger partial charge in [0.15, 0.2) is 0 Å². The molecule has 1 unspecified atom stereocenters. The minimum absolute atomic E-state index is 0.0795. The van der Waals surface area contributed by atoms with Crippen molar-refractivity contribution < 1.29 is 0 Å². The summed E-state index contributed by atoms with van der Waals surface area (Å²) in [4.78, 5) is 0. The Morgan fingerprint density at radius 1 is 1.50 bits per heavy atom. The maximum absolute atomic E-state index is 8.81. The van der Waals surface area contributed by atoms with E-state index in [4.69, 9.17) is 11.0 Å². The molecular formula is C10H10N2. The zero-order chi connectivity index (χ0) is 8.55. The Kier molecular flexibility index (Phi) is 1.60. The number of nitrogens with two attached hydrogens (primary N) is 1. The van der Waals surface area contributed by atoms with Crippen molar-refractivity contribution in [3.8, 4) is 6.07 Å². The molecule has 12 heavy (non-hydrogen) atoms. The van der Waals surface area contributed by atoms with E-state index in [0.29, 0.717) is 0 Å². The predicted octanol–water partition coefficient (Wildman–Crippen LogP) is 1.50. The van der Waals surface area contributed by atoms with Gasteiger partial charge in [-0.1, -0.05) is 12.1 Å². The van der Waals surface area contributed by atoms with Gasteiger partial charge in [0.05, 0.1) is 11.6 Å². The average Bonchev–Trinajstić information content (AvgIpc) is 2.48. The molecule has 0 aromatic heterocycles. The summed E-state index contributed by atoms with van der Waals surface area (Å²) in [5.41, 5.74) is 8.94. The van der Waals surface area contributed by atoms with Crippen LogP contribution >= 0.6 is 0 Å². The Balaban J connectivity index is 2.62. The van der Waals surface area contributed by atoms with E-state index >= 15 is 0 Å². The van der Waals surface area contributed by atoms with Crippen LogP contribution in [0, 0.1) is 11.3 Å². The summed E-state index contributed by atoms with van der Waals surface area (Å²) < 4.78 is 0. The third kappa shape index (κ3) is 0.910. The molecule has 1 aliphatic carbocycles. The lowest BCUT2D eigenvalue weighted by Gasteiger charge is -2.05. The molecule has 0 amide bonds. The van der Waals surface area contributed by atoms with Crippen molar-refractivity contribution in [1.29, 1.82) is 5.26 Å². The van der Waals surface area contributed by atoms with Crippen LogP contribution in [0.2, 0.25) is 0 Å². The van der Waals surface area contributed by atoms with Gasteiger partial charge in [-0.15, -0.1) is 0 Å². The van der Waals surface area contributed by atoms with Crippen LogP contribution in [0.15, 0.2) is 18.2 Å². The number of fused-ring (bicyclic) bond motifs is 1. The Morgan fingerprint density at radius 2 is 2.33 bits per heavy atom. The normalized spacial score (nSPS) is 20.2. The summed E-state index contributed by atoms with van der Waals surface area (Å²) in [6, 6.07) is 8.08. The number of rotatable bonds is 0. The van der Waals surface area contributed by atoms with Crippen molar-refractivity contribution in [2.24, 2.45) is 5.73 Å². The molecule has 2 heteroatoms. The van der Waals surface area contributed by atoms with Gasteiger partial charge in [-0.2, -0.15) is 5.26 Å². The first-order chi connectivity index (χ1) is 5.83. The van der Waals surface area contributed by atoms with Gasteiger partial charge in [-0.05, 0) is 30.0 Å². The first-order valence-corrected chi connectivity index (χ1v) is 4.10. The van der Waals surface area contributed by atoms with Gasteiger partial charge in [0.2, 0.25) is 0 Å². The molecule has 0 radical (unpaired) electrons. The number of benzene rings is 1.